The van der Waals surface area contributed by atoms with Crippen molar-refractivity contribution in [3.05, 3.63) is 11.2 Å². The average molecular weight is 231 g/mol. The maximum atomic E-state index is 5.92. The number of aromatic nitrogens is 2. The van der Waals surface area contributed by atoms with Crippen LogP contribution < -0.4 is 10.6 Å². The summed E-state index contributed by atoms with van der Waals surface area (Å²) in [6.07, 6.45) is 1.66. The van der Waals surface area contributed by atoms with Gasteiger partial charge in [-0.3, -0.25) is 0 Å². The van der Waals surface area contributed by atoms with Crippen LogP contribution in [0.5, 0.6) is 0 Å². The van der Waals surface area contributed by atoms with Crippen molar-refractivity contribution in [2.24, 2.45) is 0 Å². The summed E-state index contributed by atoms with van der Waals surface area (Å²) in [6, 6.07) is 0. The Morgan fingerprint density at radius 3 is 2.93 bits per heavy atom. The Morgan fingerprint density at radius 2 is 2.33 bits per heavy atom. The number of anilines is 2. The van der Waals surface area contributed by atoms with Gasteiger partial charge < -0.3 is 15.4 Å². The largest absolute Gasteiger partial charge is 0.380 e. The monoisotopic (exact) mass is 230 g/mol. The molecule has 0 amide bonds. The molecule has 1 atom stereocenters. The van der Waals surface area contributed by atoms with Crippen molar-refractivity contribution < 1.29 is 4.74 Å². The Morgan fingerprint density at radius 1 is 1.60 bits per heavy atom. The fraction of sp³-hybridized carbons (Fsp3) is 0.556. The van der Waals surface area contributed by atoms with Crippen LogP contribution >= 0.6 is 11.6 Å². The first kappa shape index (κ1) is 12.0. The van der Waals surface area contributed by atoms with E-state index in [9.17, 15) is 0 Å². The average Bonchev–Trinajstić information content (AvgIpc) is 2.27. The number of hydrogen-bond acceptors (Lipinski definition) is 5. The summed E-state index contributed by atoms with van der Waals surface area (Å²) in [4.78, 5) is 8.16. The van der Waals surface area contributed by atoms with Gasteiger partial charge in [-0.05, 0) is 6.92 Å². The van der Waals surface area contributed by atoms with E-state index in [1.54, 1.807) is 20.4 Å². The van der Waals surface area contributed by atoms with Crippen LogP contribution in [0.15, 0.2) is 6.20 Å². The van der Waals surface area contributed by atoms with Crippen molar-refractivity contribution in [2.45, 2.75) is 13.0 Å². The predicted octanol–water partition coefficient (Wildman–Crippen LogP) is 1.62. The molecule has 0 spiro atoms. The van der Waals surface area contributed by atoms with Crippen molar-refractivity contribution in [2.75, 3.05) is 31.3 Å². The number of halogens is 1. The number of ether oxygens (including phenoxy) is 1. The highest BCUT2D eigenvalue weighted by atomic mass is 35.5. The Kier molecular flexibility index (Phi) is 4.58. The molecular weight excluding hydrogens is 216 g/mol. The Bertz CT molecular complexity index is 321. The van der Waals surface area contributed by atoms with Crippen molar-refractivity contribution in [3.8, 4) is 0 Å². The minimum atomic E-state index is 0.106. The molecule has 1 heterocycles. The van der Waals surface area contributed by atoms with E-state index in [1.165, 1.54) is 0 Å². The van der Waals surface area contributed by atoms with E-state index in [2.05, 4.69) is 20.6 Å². The first-order chi connectivity index (χ1) is 7.17. The van der Waals surface area contributed by atoms with Crippen molar-refractivity contribution >= 4 is 23.4 Å². The van der Waals surface area contributed by atoms with Gasteiger partial charge in [-0.1, -0.05) is 11.6 Å². The van der Waals surface area contributed by atoms with E-state index >= 15 is 0 Å². The molecule has 0 aliphatic rings. The highest BCUT2D eigenvalue weighted by Crippen LogP contribution is 2.18. The summed E-state index contributed by atoms with van der Waals surface area (Å²) in [6.45, 7) is 2.61. The van der Waals surface area contributed by atoms with E-state index in [1.807, 2.05) is 6.92 Å². The zero-order valence-corrected chi connectivity index (χ0v) is 9.80. The molecule has 2 N–H and O–H groups in total. The van der Waals surface area contributed by atoms with Gasteiger partial charge in [0, 0.05) is 20.7 Å². The Balaban J connectivity index is 2.66. The third kappa shape index (κ3) is 3.53. The van der Waals surface area contributed by atoms with E-state index in [0.717, 1.165) is 0 Å². The van der Waals surface area contributed by atoms with Crippen LogP contribution in [0.1, 0.15) is 6.92 Å². The highest BCUT2D eigenvalue weighted by Gasteiger charge is 2.05. The fourth-order valence-corrected chi connectivity index (χ4v) is 1.09. The number of nitrogens with one attached hydrogen (secondary N) is 2. The summed E-state index contributed by atoms with van der Waals surface area (Å²) in [5.74, 6) is 1.15. The first-order valence-corrected chi connectivity index (χ1v) is 5.02. The van der Waals surface area contributed by atoms with Crippen LogP contribution in [0.25, 0.3) is 0 Å². The zero-order chi connectivity index (χ0) is 11.3. The van der Waals surface area contributed by atoms with Gasteiger partial charge in [-0.2, -0.15) is 4.98 Å². The van der Waals surface area contributed by atoms with Crippen LogP contribution in [0, 0.1) is 0 Å². The first-order valence-electron chi connectivity index (χ1n) is 4.64. The molecule has 0 saturated carbocycles. The van der Waals surface area contributed by atoms with Crippen molar-refractivity contribution in [3.63, 3.8) is 0 Å². The zero-order valence-electron chi connectivity index (χ0n) is 9.04. The summed E-state index contributed by atoms with van der Waals surface area (Å²) in [5, 5.41) is 6.43. The third-order valence-corrected chi connectivity index (χ3v) is 2.20. The van der Waals surface area contributed by atoms with Crippen molar-refractivity contribution in [1.82, 2.24) is 9.97 Å². The van der Waals surface area contributed by atoms with Crippen LogP contribution in [0.4, 0.5) is 11.8 Å². The molecule has 0 aromatic carbocycles. The van der Waals surface area contributed by atoms with Gasteiger partial charge in [0.2, 0.25) is 5.95 Å². The van der Waals surface area contributed by atoms with E-state index < -0.39 is 0 Å². The molecule has 0 aliphatic carbocycles. The summed E-state index contributed by atoms with van der Waals surface area (Å²) < 4.78 is 5.10. The van der Waals surface area contributed by atoms with Gasteiger partial charge in [-0.15, -0.1) is 0 Å². The minimum absolute atomic E-state index is 0.106. The lowest BCUT2D eigenvalue weighted by Gasteiger charge is -2.12. The van der Waals surface area contributed by atoms with Gasteiger partial charge in [0.1, 0.15) is 5.02 Å². The number of nitrogens with zero attached hydrogens (tertiary/aromatic N) is 2. The predicted molar refractivity (Wildman–Crippen MR) is 61.5 cm³/mol. The second-order valence-corrected chi connectivity index (χ2v) is 3.47. The van der Waals surface area contributed by atoms with Gasteiger partial charge in [0.25, 0.3) is 0 Å². The summed E-state index contributed by atoms with van der Waals surface area (Å²) in [7, 11) is 3.41. The second kappa shape index (κ2) is 5.72. The van der Waals surface area contributed by atoms with Gasteiger partial charge in [-0.25, -0.2) is 4.98 Å². The van der Waals surface area contributed by atoms with Crippen LogP contribution in [-0.2, 0) is 4.74 Å². The third-order valence-electron chi connectivity index (χ3n) is 1.93. The van der Waals surface area contributed by atoms with Gasteiger partial charge >= 0.3 is 0 Å². The molecule has 1 aromatic heterocycles. The van der Waals surface area contributed by atoms with Crippen LogP contribution in [-0.4, -0.2) is 36.8 Å². The molecule has 1 aromatic rings. The lowest BCUT2D eigenvalue weighted by molar-refractivity contribution is 0.128. The molecule has 0 bridgehead atoms. The summed E-state index contributed by atoms with van der Waals surface area (Å²) in [5.41, 5.74) is 0. The smallest absolute Gasteiger partial charge is 0.224 e. The molecule has 0 fully saturated rings. The van der Waals surface area contributed by atoms with Crippen molar-refractivity contribution in [1.29, 1.82) is 0 Å². The molecule has 5 nitrogen and oxygen atoms in total. The van der Waals surface area contributed by atoms with E-state index in [0.29, 0.717) is 23.3 Å². The summed E-state index contributed by atoms with van der Waals surface area (Å²) >= 11 is 5.92. The SMILES string of the molecule is CNc1ncc(Cl)c(NCC(C)OC)n1. The Labute approximate surface area is 94.2 Å². The molecule has 0 radical (unpaired) electrons. The molecule has 1 unspecified atom stereocenters. The maximum absolute atomic E-state index is 5.92. The van der Waals surface area contributed by atoms with E-state index in [-0.39, 0.29) is 6.10 Å². The fourth-order valence-electron chi connectivity index (χ4n) is 0.935. The van der Waals surface area contributed by atoms with E-state index in [4.69, 9.17) is 16.3 Å². The normalized spacial score (nSPS) is 12.3. The lowest BCUT2D eigenvalue weighted by atomic mass is 10.4. The molecule has 15 heavy (non-hydrogen) atoms. The minimum Gasteiger partial charge on any atom is -0.380 e. The topological polar surface area (TPSA) is 59.1 Å². The van der Waals surface area contributed by atoms with Crippen LogP contribution in [0.2, 0.25) is 5.02 Å². The maximum Gasteiger partial charge on any atom is 0.224 e. The Hall–Kier alpha value is -1.07. The quantitative estimate of drug-likeness (QED) is 0.805. The molecule has 6 heteroatoms. The number of methoxy groups -OCH3 is 1. The second-order valence-electron chi connectivity index (χ2n) is 3.07. The van der Waals surface area contributed by atoms with Crippen LogP contribution in [0.3, 0.4) is 0 Å². The molecule has 0 aliphatic heterocycles. The molecular formula is C9H15ClN4O. The number of rotatable bonds is 5. The standard InChI is InChI=1S/C9H15ClN4O/c1-6(15-3)4-12-8-7(10)5-13-9(11-2)14-8/h5-6H,4H2,1-3H3,(H2,11,12,13,14). The lowest BCUT2D eigenvalue weighted by Crippen LogP contribution is -2.19. The van der Waals surface area contributed by atoms with Gasteiger partial charge in [0.05, 0.1) is 12.3 Å². The molecule has 84 valence electrons. The molecule has 1 rings (SSSR count). The van der Waals surface area contributed by atoms with Gasteiger partial charge in [0.15, 0.2) is 5.82 Å². The molecule has 0 saturated heterocycles. The highest BCUT2D eigenvalue weighted by molar-refractivity contribution is 6.32. The number of hydrogen-bond donors (Lipinski definition) is 2.